The Kier molecular flexibility index (Phi) is 5.80. The Balaban J connectivity index is 2.09. The lowest BCUT2D eigenvalue weighted by molar-refractivity contribution is 0.603. The minimum Gasteiger partial charge on any atom is -0.312 e. The van der Waals surface area contributed by atoms with Crippen LogP contribution >= 0.6 is 27.3 Å². The average molecular weight is 389 g/mol. The molecule has 7 heteroatoms. The summed E-state index contributed by atoms with van der Waals surface area (Å²) in [5.41, 5.74) is 0.545. The molecule has 2 rings (SSSR count). The summed E-state index contributed by atoms with van der Waals surface area (Å²) >= 11 is 4.61. The number of hydrogen-bond donors (Lipinski definition) is 2. The van der Waals surface area contributed by atoms with Crippen molar-refractivity contribution in [2.75, 3.05) is 11.3 Å². The smallest absolute Gasteiger partial charge is 0.271 e. The first-order valence-electron chi connectivity index (χ1n) is 6.59. The van der Waals surface area contributed by atoms with Gasteiger partial charge in [-0.1, -0.05) is 28.9 Å². The third-order valence-electron chi connectivity index (χ3n) is 2.70. The fourth-order valence-corrected chi connectivity index (χ4v) is 4.52. The standard InChI is InChI=1S/C14H17BrN2O2S2/c1-2-8-16-10-13-6-7-14(20-13)21(18,19)17-12-5-3-4-11(15)9-12/h3-7,9,16-17H,2,8,10H2,1H3. The predicted octanol–water partition coefficient (Wildman–Crippen LogP) is 3.81. The summed E-state index contributed by atoms with van der Waals surface area (Å²) in [6, 6.07) is 10.6. The number of thiophene rings is 1. The van der Waals surface area contributed by atoms with E-state index in [0.29, 0.717) is 16.4 Å². The van der Waals surface area contributed by atoms with E-state index in [-0.39, 0.29) is 0 Å². The van der Waals surface area contributed by atoms with Gasteiger partial charge in [0.05, 0.1) is 0 Å². The Labute approximate surface area is 137 Å². The summed E-state index contributed by atoms with van der Waals surface area (Å²) in [7, 11) is -3.52. The highest BCUT2D eigenvalue weighted by atomic mass is 79.9. The van der Waals surface area contributed by atoms with Gasteiger partial charge < -0.3 is 5.32 Å². The molecule has 1 aromatic heterocycles. The molecule has 0 saturated heterocycles. The van der Waals surface area contributed by atoms with E-state index in [2.05, 4.69) is 32.9 Å². The summed E-state index contributed by atoms with van der Waals surface area (Å²) in [6.45, 7) is 3.72. The molecule has 0 aliphatic heterocycles. The second-order valence-corrected chi connectivity index (χ2v) is 8.51. The van der Waals surface area contributed by atoms with Crippen LogP contribution in [0.4, 0.5) is 5.69 Å². The second-order valence-electron chi connectivity index (χ2n) is 4.51. The zero-order valence-electron chi connectivity index (χ0n) is 11.6. The number of anilines is 1. The molecule has 1 heterocycles. The van der Waals surface area contributed by atoms with E-state index >= 15 is 0 Å². The lowest BCUT2D eigenvalue weighted by atomic mass is 10.3. The van der Waals surface area contributed by atoms with Gasteiger partial charge in [0.1, 0.15) is 4.21 Å². The van der Waals surface area contributed by atoms with Crippen LogP contribution in [-0.2, 0) is 16.6 Å². The van der Waals surface area contributed by atoms with Crippen molar-refractivity contribution in [2.24, 2.45) is 0 Å². The fraction of sp³-hybridized carbons (Fsp3) is 0.286. The van der Waals surface area contributed by atoms with Gasteiger partial charge in [-0.2, -0.15) is 0 Å². The molecule has 1 aromatic carbocycles. The van der Waals surface area contributed by atoms with Crippen molar-refractivity contribution < 1.29 is 8.42 Å². The maximum atomic E-state index is 12.3. The van der Waals surface area contributed by atoms with E-state index in [9.17, 15) is 8.42 Å². The summed E-state index contributed by atoms with van der Waals surface area (Å²) in [4.78, 5) is 1.01. The van der Waals surface area contributed by atoms with Gasteiger partial charge in [-0.15, -0.1) is 11.3 Å². The van der Waals surface area contributed by atoms with Crippen LogP contribution in [0.3, 0.4) is 0 Å². The Morgan fingerprint density at radius 2 is 2.05 bits per heavy atom. The van der Waals surface area contributed by atoms with Crippen LogP contribution in [0.5, 0.6) is 0 Å². The molecule has 0 atom stereocenters. The highest BCUT2D eigenvalue weighted by Crippen LogP contribution is 2.25. The Bertz CT molecular complexity index is 699. The van der Waals surface area contributed by atoms with E-state index in [1.54, 1.807) is 24.3 Å². The molecule has 0 amide bonds. The van der Waals surface area contributed by atoms with Crippen LogP contribution in [0.2, 0.25) is 0 Å². The largest absolute Gasteiger partial charge is 0.312 e. The van der Waals surface area contributed by atoms with E-state index < -0.39 is 10.0 Å². The van der Waals surface area contributed by atoms with Gasteiger partial charge in [0.25, 0.3) is 10.0 Å². The molecule has 0 spiro atoms. The molecule has 0 unspecified atom stereocenters. The van der Waals surface area contributed by atoms with E-state index in [4.69, 9.17) is 0 Å². The predicted molar refractivity (Wildman–Crippen MR) is 91.3 cm³/mol. The molecule has 0 saturated carbocycles. The van der Waals surface area contributed by atoms with Gasteiger partial charge in [0, 0.05) is 21.6 Å². The molecule has 2 aromatic rings. The van der Waals surface area contributed by atoms with Crippen molar-refractivity contribution in [3.63, 3.8) is 0 Å². The summed E-state index contributed by atoms with van der Waals surface area (Å²) in [5, 5.41) is 3.26. The highest BCUT2D eigenvalue weighted by molar-refractivity contribution is 9.10. The Morgan fingerprint density at radius 3 is 2.76 bits per heavy atom. The molecule has 4 nitrogen and oxygen atoms in total. The number of nitrogens with one attached hydrogen (secondary N) is 2. The topological polar surface area (TPSA) is 58.2 Å². The monoisotopic (exact) mass is 388 g/mol. The molecule has 0 fully saturated rings. The van der Waals surface area contributed by atoms with Crippen molar-refractivity contribution in [1.29, 1.82) is 0 Å². The van der Waals surface area contributed by atoms with Crippen molar-refractivity contribution >= 4 is 43.0 Å². The number of hydrogen-bond acceptors (Lipinski definition) is 4. The molecule has 0 radical (unpaired) electrons. The van der Waals surface area contributed by atoms with Crippen LogP contribution in [-0.4, -0.2) is 15.0 Å². The van der Waals surface area contributed by atoms with E-state index in [1.807, 2.05) is 12.1 Å². The van der Waals surface area contributed by atoms with Gasteiger partial charge >= 0.3 is 0 Å². The lowest BCUT2D eigenvalue weighted by Crippen LogP contribution is -2.13. The lowest BCUT2D eigenvalue weighted by Gasteiger charge is -2.06. The second kappa shape index (κ2) is 7.40. The van der Waals surface area contributed by atoms with Crippen LogP contribution in [0.1, 0.15) is 18.2 Å². The van der Waals surface area contributed by atoms with Gasteiger partial charge in [0.2, 0.25) is 0 Å². The van der Waals surface area contributed by atoms with Crippen molar-refractivity contribution in [2.45, 2.75) is 24.1 Å². The van der Waals surface area contributed by atoms with Crippen molar-refractivity contribution in [3.8, 4) is 0 Å². The normalized spacial score (nSPS) is 11.5. The molecule has 0 aliphatic rings. The molecule has 21 heavy (non-hydrogen) atoms. The molecule has 114 valence electrons. The first-order chi connectivity index (χ1) is 10.0. The van der Waals surface area contributed by atoms with Gasteiger partial charge in [-0.3, -0.25) is 4.72 Å². The van der Waals surface area contributed by atoms with E-state index in [1.165, 1.54) is 11.3 Å². The van der Waals surface area contributed by atoms with E-state index in [0.717, 1.165) is 22.3 Å². The zero-order valence-corrected chi connectivity index (χ0v) is 14.8. The van der Waals surface area contributed by atoms with Gasteiger partial charge in [-0.05, 0) is 43.3 Å². The summed E-state index contributed by atoms with van der Waals surface area (Å²) in [5.74, 6) is 0. The van der Waals surface area contributed by atoms with Crippen LogP contribution in [0.15, 0.2) is 45.1 Å². The average Bonchev–Trinajstić information content (AvgIpc) is 2.88. The highest BCUT2D eigenvalue weighted by Gasteiger charge is 2.17. The number of rotatable bonds is 7. The molecular weight excluding hydrogens is 372 g/mol. The van der Waals surface area contributed by atoms with Gasteiger partial charge in [-0.25, -0.2) is 8.42 Å². The first kappa shape index (κ1) is 16.5. The fourth-order valence-electron chi connectivity index (χ4n) is 1.74. The number of benzene rings is 1. The number of sulfonamides is 1. The zero-order chi connectivity index (χ0) is 15.3. The Hall–Kier alpha value is -0.890. The maximum absolute atomic E-state index is 12.3. The quantitative estimate of drug-likeness (QED) is 0.708. The molecular formula is C14H17BrN2O2S2. The van der Waals surface area contributed by atoms with Crippen LogP contribution in [0, 0.1) is 0 Å². The first-order valence-corrected chi connectivity index (χ1v) is 9.68. The van der Waals surface area contributed by atoms with Crippen LogP contribution < -0.4 is 10.0 Å². The molecule has 0 bridgehead atoms. The summed E-state index contributed by atoms with van der Waals surface area (Å²) < 4.78 is 28.4. The maximum Gasteiger partial charge on any atom is 0.271 e. The van der Waals surface area contributed by atoms with Gasteiger partial charge in [0.15, 0.2) is 0 Å². The van der Waals surface area contributed by atoms with Crippen molar-refractivity contribution in [3.05, 3.63) is 45.7 Å². The SMILES string of the molecule is CCCNCc1ccc(S(=O)(=O)Nc2cccc(Br)c2)s1. The third kappa shape index (κ3) is 4.81. The van der Waals surface area contributed by atoms with Crippen LogP contribution in [0.25, 0.3) is 0 Å². The number of halogens is 1. The third-order valence-corrected chi connectivity index (χ3v) is 6.16. The summed E-state index contributed by atoms with van der Waals surface area (Å²) in [6.07, 6.45) is 1.06. The Morgan fingerprint density at radius 1 is 1.24 bits per heavy atom. The minimum atomic E-state index is -3.52. The minimum absolute atomic E-state index is 0.329. The van der Waals surface area contributed by atoms with Crippen molar-refractivity contribution in [1.82, 2.24) is 5.32 Å². The molecule has 2 N–H and O–H groups in total. The molecule has 0 aliphatic carbocycles.